The van der Waals surface area contributed by atoms with Gasteiger partial charge in [-0.05, 0) is 19.9 Å². The summed E-state index contributed by atoms with van der Waals surface area (Å²) >= 11 is 0. The standard InChI is InChI=1S/C24H29N7O13/c1-24(2)43-18-14(7-33)41-22(19(18)44-24)26-8-25-20-15(27-9-29(20)23-17(35)16(34)13(6-32)42-23)21(36)28-11-4-3-10(30(37)38)5-12(11)31(39)40/h3-5,8-9,13-14,16-19,22-23,32-35H,6-7H2,1-2H3,(H,25,26)(H,28,36)/t13-,14-,16-,17-,18-,19-,22-,23-/m1/s1. The molecule has 8 atom stereocenters. The van der Waals surface area contributed by atoms with Gasteiger partial charge in [0.05, 0.1) is 41.8 Å². The third-order valence-corrected chi connectivity index (χ3v) is 7.17. The number of nitro groups is 2. The number of ether oxygens (including phenoxy) is 4. The number of aliphatic hydroxyl groups excluding tert-OH is 4. The highest BCUT2D eigenvalue weighted by molar-refractivity contribution is 6.08. The van der Waals surface area contributed by atoms with Crippen molar-refractivity contribution >= 4 is 35.1 Å². The van der Waals surface area contributed by atoms with Gasteiger partial charge in [0.15, 0.2) is 23.9 Å². The average Bonchev–Trinajstić information content (AvgIpc) is 3.69. The molecule has 3 aliphatic heterocycles. The molecular formula is C24H29N7O13. The van der Waals surface area contributed by atoms with Gasteiger partial charge in [0.2, 0.25) is 0 Å². The number of hydrogen-bond donors (Lipinski definition) is 6. The van der Waals surface area contributed by atoms with E-state index in [9.17, 15) is 45.4 Å². The number of rotatable bonds is 10. The second kappa shape index (κ2) is 12.1. The summed E-state index contributed by atoms with van der Waals surface area (Å²) in [5.41, 5.74) is -2.07. The largest absolute Gasteiger partial charge is 0.394 e. The Morgan fingerprint density at radius 1 is 1.09 bits per heavy atom. The Kier molecular flexibility index (Phi) is 8.59. The Hall–Kier alpha value is -4.15. The Bertz CT molecular complexity index is 1470. The summed E-state index contributed by atoms with van der Waals surface area (Å²) in [5, 5.41) is 67.8. The number of aliphatic hydroxyl groups is 4. The first kappa shape index (κ1) is 31.3. The van der Waals surface area contributed by atoms with Crippen molar-refractivity contribution in [1.29, 1.82) is 0 Å². The van der Waals surface area contributed by atoms with E-state index in [1.54, 1.807) is 13.8 Å². The smallest absolute Gasteiger partial charge is 0.299 e. The minimum Gasteiger partial charge on any atom is -0.394 e. The van der Waals surface area contributed by atoms with Crippen molar-refractivity contribution < 1.29 is 54.0 Å². The van der Waals surface area contributed by atoms with Crippen molar-refractivity contribution in [3.05, 3.63) is 50.4 Å². The molecule has 0 radical (unpaired) electrons. The molecule has 1 aromatic heterocycles. The summed E-state index contributed by atoms with van der Waals surface area (Å²) in [6, 6.07) is 2.64. The Balaban J connectivity index is 1.45. The zero-order valence-electron chi connectivity index (χ0n) is 23.1. The van der Waals surface area contributed by atoms with Crippen LogP contribution >= 0.6 is 0 Å². The van der Waals surface area contributed by atoms with Crippen molar-refractivity contribution in [2.24, 2.45) is 4.99 Å². The van der Waals surface area contributed by atoms with Gasteiger partial charge in [-0.15, -0.1) is 0 Å². The molecule has 0 unspecified atom stereocenters. The van der Waals surface area contributed by atoms with E-state index in [2.05, 4.69) is 20.6 Å². The van der Waals surface area contributed by atoms with Crippen molar-refractivity contribution in [2.75, 3.05) is 23.8 Å². The summed E-state index contributed by atoms with van der Waals surface area (Å²) in [4.78, 5) is 42.6. The fourth-order valence-electron chi connectivity index (χ4n) is 5.14. The number of nitrogens with zero attached hydrogens (tertiary/aromatic N) is 5. The number of anilines is 2. The van der Waals surface area contributed by atoms with Crippen LogP contribution in [0.5, 0.6) is 0 Å². The second-order valence-electron chi connectivity index (χ2n) is 10.5. The number of imidazole rings is 1. The molecule has 2 aromatic rings. The van der Waals surface area contributed by atoms with Crippen LogP contribution in [-0.2, 0) is 18.9 Å². The molecule has 0 aliphatic carbocycles. The maximum absolute atomic E-state index is 13.3. The molecule has 1 aromatic carbocycles. The van der Waals surface area contributed by atoms with Gasteiger partial charge in [0.1, 0.15) is 48.1 Å². The lowest BCUT2D eigenvalue weighted by atomic mass is 10.1. The monoisotopic (exact) mass is 623 g/mol. The van der Waals surface area contributed by atoms with E-state index in [-0.39, 0.29) is 23.8 Å². The topological polar surface area (TPSA) is 275 Å². The van der Waals surface area contributed by atoms with E-state index >= 15 is 0 Å². The molecule has 3 fully saturated rings. The average molecular weight is 624 g/mol. The molecule has 44 heavy (non-hydrogen) atoms. The number of benzene rings is 1. The molecule has 0 bridgehead atoms. The summed E-state index contributed by atoms with van der Waals surface area (Å²) in [5.74, 6) is -2.13. The van der Waals surface area contributed by atoms with Gasteiger partial charge in [0, 0.05) is 6.07 Å². The third-order valence-electron chi connectivity index (χ3n) is 7.17. The molecule has 238 valence electrons. The molecule has 20 nitrogen and oxygen atoms in total. The molecular weight excluding hydrogens is 594 g/mol. The van der Waals surface area contributed by atoms with Gasteiger partial charge in [-0.3, -0.25) is 29.6 Å². The lowest BCUT2D eigenvalue weighted by Crippen LogP contribution is -2.33. The van der Waals surface area contributed by atoms with E-state index in [0.29, 0.717) is 6.07 Å². The lowest BCUT2D eigenvalue weighted by Gasteiger charge is -2.22. The minimum atomic E-state index is -1.57. The lowest BCUT2D eigenvalue weighted by molar-refractivity contribution is -0.393. The number of aromatic nitrogens is 2. The van der Waals surface area contributed by atoms with Crippen molar-refractivity contribution in [1.82, 2.24) is 9.55 Å². The molecule has 0 spiro atoms. The van der Waals surface area contributed by atoms with Crippen LogP contribution in [0.3, 0.4) is 0 Å². The number of hydrogen-bond acceptors (Lipinski definition) is 15. The van der Waals surface area contributed by atoms with E-state index in [0.717, 1.165) is 29.4 Å². The number of non-ortho nitro benzene ring substituents is 1. The van der Waals surface area contributed by atoms with E-state index in [1.165, 1.54) is 0 Å². The Labute approximate surface area is 247 Å². The number of nitrogens with one attached hydrogen (secondary N) is 2. The van der Waals surface area contributed by atoms with Crippen molar-refractivity contribution in [3.63, 3.8) is 0 Å². The van der Waals surface area contributed by atoms with Gasteiger partial charge in [-0.1, -0.05) is 0 Å². The summed E-state index contributed by atoms with van der Waals surface area (Å²) in [6.07, 6.45) is -6.34. The first-order valence-corrected chi connectivity index (χ1v) is 13.2. The maximum atomic E-state index is 13.3. The molecule has 1 amide bonds. The molecule has 6 N–H and O–H groups in total. The zero-order valence-corrected chi connectivity index (χ0v) is 23.1. The summed E-state index contributed by atoms with van der Waals surface area (Å²) < 4.78 is 24.1. The van der Waals surface area contributed by atoms with Crippen LogP contribution in [0.15, 0.2) is 29.5 Å². The SMILES string of the molecule is CC1(C)O[C@@H]2[C@H](O1)[C@@H](CO)O[C@H]2/N=C/Nc1c(C(=O)Nc2ccc([N+](=O)[O-])cc2[N+](=O)[O-])ncn1[C@@H]1O[C@H](CO)[C@@H](O)[C@H]1O. The predicted octanol–water partition coefficient (Wildman–Crippen LogP) is -0.759. The second-order valence-corrected chi connectivity index (χ2v) is 10.5. The minimum absolute atomic E-state index is 0.164. The third kappa shape index (κ3) is 5.84. The number of fused-ring (bicyclic) bond motifs is 1. The number of carbonyl (C=O) groups is 1. The summed E-state index contributed by atoms with van der Waals surface area (Å²) in [7, 11) is 0. The Morgan fingerprint density at radius 2 is 1.80 bits per heavy atom. The maximum Gasteiger partial charge on any atom is 0.299 e. The fourth-order valence-corrected chi connectivity index (χ4v) is 5.14. The predicted molar refractivity (Wildman–Crippen MR) is 145 cm³/mol. The normalized spacial score (nSPS) is 30.9. The van der Waals surface area contributed by atoms with Gasteiger partial charge >= 0.3 is 0 Å². The van der Waals surface area contributed by atoms with E-state index in [4.69, 9.17) is 18.9 Å². The number of amides is 1. The van der Waals surface area contributed by atoms with E-state index in [1.807, 2.05) is 0 Å². The summed E-state index contributed by atoms with van der Waals surface area (Å²) in [6.45, 7) is 2.39. The Morgan fingerprint density at radius 3 is 2.43 bits per heavy atom. The van der Waals surface area contributed by atoms with Gasteiger partial charge in [-0.2, -0.15) is 0 Å². The van der Waals surface area contributed by atoms with Crippen LogP contribution in [0.2, 0.25) is 0 Å². The quantitative estimate of drug-likeness (QED) is 0.0821. The zero-order chi connectivity index (χ0) is 31.9. The number of nitro benzene ring substituents is 2. The van der Waals surface area contributed by atoms with E-state index < -0.39 is 88.6 Å². The van der Waals surface area contributed by atoms with Gasteiger partial charge in [-0.25, -0.2) is 9.98 Å². The van der Waals surface area contributed by atoms with Crippen molar-refractivity contribution in [3.8, 4) is 0 Å². The molecule has 5 rings (SSSR count). The van der Waals surface area contributed by atoms with Crippen LogP contribution in [0.4, 0.5) is 22.9 Å². The number of carbonyl (C=O) groups excluding carboxylic acids is 1. The molecule has 0 saturated carbocycles. The molecule has 3 saturated heterocycles. The molecule has 20 heteroatoms. The van der Waals surface area contributed by atoms with Crippen molar-refractivity contribution in [2.45, 2.75) is 68.7 Å². The first-order chi connectivity index (χ1) is 20.8. The highest BCUT2D eigenvalue weighted by Gasteiger charge is 2.55. The molecule has 4 heterocycles. The first-order valence-electron chi connectivity index (χ1n) is 13.2. The van der Waals surface area contributed by atoms with Gasteiger partial charge in [0.25, 0.3) is 17.3 Å². The van der Waals surface area contributed by atoms with Gasteiger partial charge < -0.3 is 50.0 Å². The van der Waals surface area contributed by atoms with Crippen LogP contribution in [-0.4, -0.2) is 114 Å². The highest BCUT2D eigenvalue weighted by Crippen LogP contribution is 2.39. The number of aliphatic imine (C=N–C) groups is 1. The van der Waals surface area contributed by atoms with Crippen LogP contribution in [0.1, 0.15) is 30.6 Å². The molecule has 3 aliphatic rings. The van der Waals surface area contributed by atoms with Crippen LogP contribution < -0.4 is 10.6 Å². The van der Waals surface area contributed by atoms with Crippen LogP contribution in [0, 0.1) is 20.2 Å². The highest BCUT2D eigenvalue weighted by atomic mass is 16.8. The van der Waals surface area contributed by atoms with Crippen LogP contribution in [0.25, 0.3) is 0 Å². The fraction of sp³-hybridized carbons (Fsp3) is 0.542.